The second-order valence-corrected chi connectivity index (χ2v) is 8.06. The van der Waals surface area contributed by atoms with E-state index in [1.807, 2.05) is 0 Å². The van der Waals surface area contributed by atoms with Gasteiger partial charge in [-0.2, -0.15) is 0 Å². The van der Waals surface area contributed by atoms with E-state index in [9.17, 15) is 12.8 Å². The Morgan fingerprint density at radius 2 is 2.24 bits per heavy atom. The molecule has 2 rings (SSSR count). The number of nitrogens with one attached hydrogen (secondary N) is 2. The summed E-state index contributed by atoms with van der Waals surface area (Å²) >= 11 is 8.90. The van der Waals surface area contributed by atoms with E-state index in [1.165, 1.54) is 0 Å². The Morgan fingerprint density at radius 1 is 1.48 bits per heavy atom. The molecule has 1 aliphatic rings. The van der Waals surface area contributed by atoms with Gasteiger partial charge in [-0.15, -0.1) is 0 Å². The molecular weight excluding hydrogens is 383 g/mol. The van der Waals surface area contributed by atoms with Crippen molar-refractivity contribution in [3.8, 4) is 0 Å². The predicted molar refractivity (Wildman–Crippen MR) is 84.5 cm³/mol. The Morgan fingerprint density at radius 3 is 2.86 bits per heavy atom. The van der Waals surface area contributed by atoms with Gasteiger partial charge in [-0.3, -0.25) is 0 Å². The van der Waals surface area contributed by atoms with Crippen molar-refractivity contribution in [3.63, 3.8) is 0 Å². The Kier molecular flexibility index (Phi) is 6.02. The summed E-state index contributed by atoms with van der Waals surface area (Å²) in [6, 6.07) is 2.08. The molecule has 1 aliphatic heterocycles. The standard InChI is InChI=1S/C13H17BrClFN2O2S/c14-11-6-10(16)7-12(15)13(11)21(19,20)18-5-3-9-2-1-4-17-8-9/h6-7,9,17-18H,1-5,8H2. The topological polar surface area (TPSA) is 58.2 Å². The summed E-state index contributed by atoms with van der Waals surface area (Å²) in [5.41, 5.74) is 0. The number of sulfonamides is 1. The van der Waals surface area contributed by atoms with Crippen LogP contribution in [0.1, 0.15) is 19.3 Å². The van der Waals surface area contributed by atoms with Crippen LogP contribution in [0.3, 0.4) is 0 Å². The zero-order valence-electron chi connectivity index (χ0n) is 11.3. The number of rotatable bonds is 5. The van der Waals surface area contributed by atoms with E-state index in [2.05, 4.69) is 26.0 Å². The Hall–Kier alpha value is -0.210. The van der Waals surface area contributed by atoms with Gasteiger partial charge < -0.3 is 5.32 Å². The highest BCUT2D eigenvalue weighted by atomic mass is 79.9. The van der Waals surface area contributed by atoms with Crippen molar-refractivity contribution in [1.29, 1.82) is 0 Å². The van der Waals surface area contributed by atoms with Crippen molar-refractivity contribution in [2.45, 2.75) is 24.2 Å². The Bertz CT molecular complexity index is 583. The van der Waals surface area contributed by atoms with Crippen LogP contribution < -0.4 is 10.0 Å². The quantitative estimate of drug-likeness (QED) is 0.800. The third kappa shape index (κ3) is 4.63. The van der Waals surface area contributed by atoms with Crippen LogP contribution in [0.15, 0.2) is 21.5 Å². The lowest BCUT2D eigenvalue weighted by molar-refractivity contribution is 0.358. The predicted octanol–water partition coefficient (Wildman–Crippen LogP) is 2.91. The lowest BCUT2D eigenvalue weighted by Gasteiger charge is -2.22. The molecular formula is C13H17BrClFN2O2S. The van der Waals surface area contributed by atoms with Crippen molar-refractivity contribution >= 4 is 37.6 Å². The summed E-state index contributed by atoms with van der Waals surface area (Å²) in [4.78, 5) is -0.118. The maximum Gasteiger partial charge on any atom is 0.243 e. The van der Waals surface area contributed by atoms with Crippen LogP contribution in [0.5, 0.6) is 0 Å². The highest BCUT2D eigenvalue weighted by molar-refractivity contribution is 9.10. The molecule has 0 amide bonds. The summed E-state index contributed by atoms with van der Waals surface area (Å²) in [7, 11) is -3.76. The van der Waals surface area contributed by atoms with Crippen molar-refractivity contribution < 1.29 is 12.8 Å². The van der Waals surface area contributed by atoms with Crippen LogP contribution in [0, 0.1) is 11.7 Å². The molecule has 1 unspecified atom stereocenters. The van der Waals surface area contributed by atoms with E-state index < -0.39 is 15.8 Å². The summed E-state index contributed by atoms with van der Waals surface area (Å²) in [5, 5.41) is 3.16. The van der Waals surface area contributed by atoms with Crippen molar-refractivity contribution in [2.24, 2.45) is 5.92 Å². The van der Waals surface area contributed by atoms with E-state index in [4.69, 9.17) is 11.6 Å². The number of hydrogen-bond acceptors (Lipinski definition) is 3. The monoisotopic (exact) mass is 398 g/mol. The van der Waals surface area contributed by atoms with Gasteiger partial charge in [-0.1, -0.05) is 11.6 Å². The summed E-state index contributed by atoms with van der Waals surface area (Å²) < 4.78 is 40.3. The number of benzene rings is 1. The minimum absolute atomic E-state index is 0.118. The summed E-state index contributed by atoms with van der Waals surface area (Å²) in [6.45, 7) is 2.29. The van der Waals surface area contributed by atoms with Gasteiger partial charge in [0.1, 0.15) is 10.7 Å². The van der Waals surface area contributed by atoms with Crippen LogP contribution in [0.2, 0.25) is 5.02 Å². The van der Waals surface area contributed by atoms with Gasteiger partial charge in [0.2, 0.25) is 10.0 Å². The van der Waals surface area contributed by atoms with E-state index in [0.29, 0.717) is 12.5 Å². The van der Waals surface area contributed by atoms with Crippen LogP contribution in [0.4, 0.5) is 4.39 Å². The normalized spacial score (nSPS) is 19.7. The first-order valence-electron chi connectivity index (χ1n) is 6.75. The molecule has 1 fully saturated rings. The molecule has 1 atom stereocenters. The fourth-order valence-corrected chi connectivity index (χ4v) is 5.28. The van der Waals surface area contributed by atoms with Gasteiger partial charge in [0.15, 0.2) is 0 Å². The molecule has 0 bridgehead atoms. The fourth-order valence-electron chi connectivity index (χ4n) is 2.43. The van der Waals surface area contributed by atoms with Crippen molar-refractivity contribution in [1.82, 2.24) is 10.0 Å². The molecule has 0 radical (unpaired) electrons. The fraction of sp³-hybridized carbons (Fsp3) is 0.538. The zero-order chi connectivity index (χ0) is 15.5. The lowest BCUT2D eigenvalue weighted by atomic mass is 9.96. The molecule has 1 aromatic carbocycles. The average molecular weight is 400 g/mol. The smallest absolute Gasteiger partial charge is 0.243 e. The summed E-state index contributed by atoms with van der Waals surface area (Å²) in [6.07, 6.45) is 2.99. The van der Waals surface area contributed by atoms with Gasteiger partial charge >= 0.3 is 0 Å². The van der Waals surface area contributed by atoms with Gasteiger partial charge in [0.25, 0.3) is 0 Å². The van der Waals surface area contributed by atoms with Gasteiger partial charge in [-0.25, -0.2) is 17.5 Å². The maximum atomic E-state index is 13.2. The minimum Gasteiger partial charge on any atom is -0.316 e. The molecule has 1 saturated heterocycles. The molecule has 118 valence electrons. The Labute approximate surface area is 137 Å². The third-order valence-corrected chi connectivity index (χ3v) is 6.33. The van der Waals surface area contributed by atoms with Gasteiger partial charge in [-0.05, 0) is 66.3 Å². The van der Waals surface area contributed by atoms with E-state index in [0.717, 1.165) is 44.5 Å². The first-order valence-corrected chi connectivity index (χ1v) is 9.40. The van der Waals surface area contributed by atoms with E-state index in [1.54, 1.807) is 0 Å². The molecule has 0 aliphatic carbocycles. The van der Waals surface area contributed by atoms with E-state index >= 15 is 0 Å². The third-order valence-electron chi connectivity index (χ3n) is 3.48. The van der Waals surface area contributed by atoms with Gasteiger partial charge in [0, 0.05) is 11.0 Å². The first kappa shape index (κ1) is 17.1. The summed E-state index contributed by atoms with van der Waals surface area (Å²) in [5.74, 6) is -0.104. The molecule has 1 aromatic rings. The van der Waals surface area contributed by atoms with Crippen molar-refractivity contribution in [3.05, 3.63) is 27.4 Å². The molecule has 0 saturated carbocycles. The highest BCUT2D eigenvalue weighted by Crippen LogP contribution is 2.30. The lowest BCUT2D eigenvalue weighted by Crippen LogP contribution is -2.33. The van der Waals surface area contributed by atoms with Crippen molar-refractivity contribution in [2.75, 3.05) is 19.6 Å². The average Bonchev–Trinajstić information content (AvgIpc) is 2.38. The zero-order valence-corrected chi connectivity index (χ0v) is 14.5. The molecule has 0 aromatic heterocycles. The minimum atomic E-state index is -3.76. The van der Waals surface area contributed by atoms with Crippen LogP contribution in [0.25, 0.3) is 0 Å². The molecule has 21 heavy (non-hydrogen) atoms. The first-order chi connectivity index (χ1) is 9.90. The second kappa shape index (κ2) is 7.37. The molecule has 1 heterocycles. The largest absolute Gasteiger partial charge is 0.316 e. The molecule has 8 heteroatoms. The van der Waals surface area contributed by atoms with E-state index in [-0.39, 0.29) is 14.4 Å². The van der Waals surface area contributed by atoms with Crippen LogP contribution in [-0.4, -0.2) is 28.1 Å². The van der Waals surface area contributed by atoms with Crippen LogP contribution >= 0.6 is 27.5 Å². The SMILES string of the molecule is O=S(=O)(NCCC1CCCNC1)c1c(Cl)cc(F)cc1Br. The Balaban J connectivity index is 2.01. The molecule has 2 N–H and O–H groups in total. The van der Waals surface area contributed by atoms with Gasteiger partial charge in [0.05, 0.1) is 5.02 Å². The molecule has 4 nitrogen and oxygen atoms in total. The number of piperidine rings is 1. The van der Waals surface area contributed by atoms with Crippen LogP contribution in [-0.2, 0) is 10.0 Å². The molecule has 0 spiro atoms. The number of hydrogen-bond donors (Lipinski definition) is 2. The maximum absolute atomic E-state index is 13.2. The number of halogens is 3. The highest BCUT2D eigenvalue weighted by Gasteiger charge is 2.23. The second-order valence-electron chi connectivity index (χ2n) is 5.10.